The highest BCUT2D eigenvalue weighted by atomic mass is 79.9. The summed E-state index contributed by atoms with van der Waals surface area (Å²) < 4.78 is 17.5. The third kappa shape index (κ3) is 3.82. The van der Waals surface area contributed by atoms with Crippen LogP contribution in [0.25, 0.3) is 0 Å². The van der Waals surface area contributed by atoms with Gasteiger partial charge in [-0.05, 0) is 46.1 Å². The van der Waals surface area contributed by atoms with Gasteiger partial charge in [0.25, 0.3) is 0 Å². The summed E-state index contributed by atoms with van der Waals surface area (Å²) in [4.78, 5) is 4.29. The largest absolute Gasteiger partial charge is 0.486 e. The van der Waals surface area contributed by atoms with Crippen LogP contribution in [-0.4, -0.2) is 25.3 Å². The molecule has 1 N–H and O–H groups in total. The molecule has 1 aliphatic heterocycles. The molecule has 2 aromatic rings. The summed E-state index contributed by atoms with van der Waals surface area (Å²) in [6.07, 6.45) is 2.70. The number of fused-ring (bicyclic) bond motifs is 1. The molecule has 5 nitrogen and oxygen atoms in total. The van der Waals surface area contributed by atoms with Crippen LogP contribution in [0.3, 0.4) is 0 Å². The van der Waals surface area contributed by atoms with Gasteiger partial charge in [-0.3, -0.25) is 0 Å². The molecule has 2 heterocycles. The van der Waals surface area contributed by atoms with Gasteiger partial charge in [-0.2, -0.15) is 0 Å². The number of nitrogens with one attached hydrogen (secondary N) is 1. The number of ether oxygens (including phenoxy) is 3. The van der Waals surface area contributed by atoms with Gasteiger partial charge >= 0.3 is 0 Å². The minimum atomic E-state index is 0.213. The summed E-state index contributed by atoms with van der Waals surface area (Å²) in [5, 5.41) is 3.57. The van der Waals surface area contributed by atoms with E-state index in [4.69, 9.17) is 14.2 Å². The molecule has 1 aromatic heterocycles. The van der Waals surface area contributed by atoms with E-state index in [-0.39, 0.29) is 6.04 Å². The number of hydrogen-bond acceptors (Lipinski definition) is 5. The van der Waals surface area contributed by atoms with E-state index in [0.29, 0.717) is 25.6 Å². The van der Waals surface area contributed by atoms with Crippen LogP contribution in [0.5, 0.6) is 17.4 Å². The Bertz CT molecular complexity index is 709. The van der Waals surface area contributed by atoms with Gasteiger partial charge in [-0.1, -0.05) is 13.0 Å². The molecule has 0 amide bonds. The molecule has 3 rings (SSSR count). The lowest BCUT2D eigenvalue weighted by Gasteiger charge is -2.22. The van der Waals surface area contributed by atoms with E-state index in [0.717, 1.165) is 28.0 Å². The lowest BCUT2D eigenvalue weighted by molar-refractivity contribution is 0.171. The van der Waals surface area contributed by atoms with Crippen molar-refractivity contribution < 1.29 is 14.2 Å². The van der Waals surface area contributed by atoms with E-state index < -0.39 is 0 Å². The second kappa shape index (κ2) is 7.85. The van der Waals surface area contributed by atoms with Crippen LogP contribution in [0, 0.1) is 0 Å². The molecule has 1 unspecified atom stereocenters. The van der Waals surface area contributed by atoms with Gasteiger partial charge in [0.05, 0.1) is 7.11 Å². The third-order valence-electron chi connectivity index (χ3n) is 4.00. The van der Waals surface area contributed by atoms with Crippen LogP contribution < -0.4 is 19.5 Å². The summed E-state index contributed by atoms with van der Waals surface area (Å²) in [5.74, 6) is 2.28. The van der Waals surface area contributed by atoms with Crippen LogP contribution in [-0.2, 0) is 6.54 Å². The quantitative estimate of drug-likeness (QED) is 0.808. The van der Waals surface area contributed by atoms with E-state index in [1.165, 1.54) is 5.56 Å². The fourth-order valence-corrected chi connectivity index (χ4v) is 3.17. The molecule has 24 heavy (non-hydrogen) atoms. The lowest BCUT2D eigenvalue weighted by atomic mass is 10.0. The maximum atomic E-state index is 5.68. The average molecular weight is 393 g/mol. The molecule has 0 radical (unpaired) electrons. The summed E-state index contributed by atoms with van der Waals surface area (Å²) in [6.45, 7) is 4.03. The molecule has 6 heteroatoms. The fourth-order valence-electron chi connectivity index (χ4n) is 2.79. The van der Waals surface area contributed by atoms with Crippen LogP contribution in [0.1, 0.15) is 30.5 Å². The van der Waals surface area contributed by atoms with Crippen molar-refractivity contribution in [1.82, 2.24) is 10.3 Å². The molecule has 128 valence electrons. The molecule has 0 saturated carbocycles. The minimum Gasteiger partial charge on any atom is -0.486 e. The molecule has 1 aromatic carbocycles. The number of benzene rings is 1. The first-order valence-electron chi connectivity index (χ1n) is 8.02. The Kier molecular flexibility index (Phi) is 5.58. The Morgan fingerprint density at radius 2 is 2.04 bits per heavy atom. The zero-order chi connectivity index (χ0) is 16.9. The van der Waals surface area contributed by atoms with Gasteiger partial charge in [-0.25, -0.2) is 4.98 Å². The van der Waals surface area contributed by atoms with Crippen molar-refractivity contribution in [2.45, 2.75) is 25.9 Å². The van der Waals surface area contributed by atoms with Gasteiger partial charge in [0.2, 0.25) is 5.88 Å². The van der Waals surface area contributed by atoms with E-state index in [9.17, 15) is 0 Å². The van der Waals surface area contributed by atoms with E-state index >= 15 is 0 Å². The number of methoxy groups -OCH3 is 1. The van der Waals surface area contributed by atoms with Crippen LogP contribution in [0.4, 0.5) is 0 Å². The molecule has 1 aliphatic rings. The van der Waals surface area contributed by atoms with Crippen LogP contribution in [0.15, 0.2) is 34.9 Å². The monoisotopic (exact) mass is 392 g/mol. The topological polar surface area (TPSA) is 52.6 Å². The predicted molar refractivity (Wildman–Crippen MR) is 95.8 cm³/mol. The Morgan fingerprint density at radius 3 is 2.79 bits per heavy atom. The summed E-state index contributed by atoms with van der Waals surface area (Å²) in [5.41, 5.74) is 2.20. The smallest absolute Gasteiger partial charge is 0.217 e. The van der Waals surface area contributed by atoms with Crippen LogP contribution in [0.2, 0.25) is 0 Å². The Morgan fingerprint density at radius 1 is 1.25 bits per heavy atom. The minimum absolute atomic E-state index is 0.213. The van der Waals surface area contributed by atoms with E-state index in [1.54, 1.807) is 13.3 Å². The number of halogens is 1. The molecule has 1 atom stereocenters. The molecule has 0 spiro atoms. The highest BCUT2D eigenvalue weighted by molar-refractivity contribution is 9.10. The molecule has 0 saturated heterocycles. The number of rotatable bonds is 6. The second-order valence-corrected chi connectivity index (χ2v) is 6.48. The molecule has 0 fully saturated rings. The zero-order valence-electron chi connectivity index (χ0n) is 13.8. The molecular weight excluding hydrogens is 372 g/mol. The van der Waals surface area contributed by atoms with Crippen molar-refractivity contribution in [2.75, 3.05) is 20.3 Å². The van der Waals surface area contributed by atoms with Crippen molar-refractivity contribution in [3.8, 4) is 17.4 Å². The fraction of sp³-hybridized carbons (Fsp3) is 0.389. The zero-order valence-corrected chi connectivity index (χ0v) is 15.4. The highest BCUT2D eigenvalue weighted by Gasteiger charge is 2.16. The summed E-state index contributed by atoms with van der Waals surface area (Å²) >= 11 is 3.46. The Balaban J connectivity index is 1.74. The predicted octanol–water partition coefficient (Wildman–Crippen LogP) is 3.86. The Labute approximate surface area is 150 Å². The first kappa shape index (κ1) is 17.0. The van der Waals surface area contributed by atoms with Gasteiger partial charge in [-0.15, -0.1) is 0 Å². The van der Waals surface area contributed by atoms with Gasteiger partial charge in [0.1, 0.15) is 13.2 Å². The van der Waals surface area contributed by atoms with Crippen molar-refractivity contribution in [3.05, 3.63) is 46.1 Å². The van der Waals surface area contributed by atoms with Crippen molar-refractivity contribution in [1.29, 1.82) is 0 Å². The SMILES string of the molecule is CCC(NCc1cc(Br)cnc1OC)c1ccc2c(c1)OCCO2. The van der Waals surface area contributed by atoms with E-state index in [2.05, 4.69) is 45.3 Å². The summed E-state index contributed by atoms with van der Waals surface area (Å²) in [7, 11) is 1.64. The lowest BCUT2D eigenvalue weighted by Crippen LogP contribution is -2.21. The van der Waals surface area contributed by atoms with E-state index in [1.807, 2.05) is 12.1 Å². The maximum Gasteiger partial charge on any atom is 0.217 e. The average Bonchev–Trinajstić information content (AvgIpc) is 2.62. The van der Waals surface area contributed by atoms with Crippen LogP contribution >= 0.6 is 15.9 Å². The normalized spacial score (nSPS) is 14.3. The molecule has 0 bridgehead atoms. The number of nitrogens with zero attached hydrogens (tertiary/aromatic N) is 1. The first-order valence-corrected chi connectivity index (χ1v) is 8.82. The van der Waals surface area contributed by atoms with Crippen molar-refractivity contribution in [3.63, 3.8) is 0 Å². The maximum absolute atomic E-state index is 5.68. The first-order chi connectivity index (χ1) is 11.7. The van der Waals surface area contributed by atoms with Crippen molar-refractivity contribution in [2.24, 2.45) is 0 Å². The highest BCUT2D eigenvalue weighted by Crippen LogP contribution is 2.33. The molecule has 0 aliphatic carbocycles. The number of pyridine rings is 1. The third-order valence-corrected chi connectivity index (χ3v) is 4.43. The van der Waals surface area contributed by atoms with Gasteiger partial charge < -0.3 is 19.5 Å². The molecular formula is C18H21BrN2O3. The van der Waals surface area contributed by atoms with Gasteiger partial charge in [0, 0.05) is 28.8 Å². The van der Waals surface area contributed by atoms with Gasteiger partial charge in [0.15, 0.2) is 11.5 Å². The van der Waals surface area contributed by atoms with Crippen molar-refractivity contribution >= 4 is 15.9 Å². The summed E-state index contributed by atoms with van der Waals surface area (Å²) in [6, 6.07) is 8.37. The second-order valence-electron chi connectivity index (χ2n) is 5.57. The Hall–Kier alpha value is -1.79. The number of aromatic nitrogens is 1. The standard InChI is InChI=1S/C18H21BrN2O3/c1-3-15(12-4-5-16-17(9-12)24-7-6-23-16)20-10-13-8-14(19)11-21-18(13)22-2/h4-5,8-9,11,15,20H,3,6-7,10H2,1-2H3. The number of hydrogen-bond donors (Lipinski definition) is 1.